The van der Waals surface area contributed by atoms with E-state index < -0.39 is 0 Å². The van der Waals surface area contributed by atoms with Gasteiger partial charge in [-0.25, -0.2) is 0 Å². The van der Waals surface area contributed by atoms with E-state index in [-0.39, 0.29) is 24.0 Å². The van der Waals surface area contributed by atoms with Gasteiger partial charge in [0.1, 0.15) is 0 Å². The van der Waals surface area contributed by atoms with E-state index in [1.165, 1.54) is 31.2 Å². The van der Waals surface area contributed by atoms with Gasteiger partial charge in [-0.2, -0.15) is 0 Å². The Hall–Kier alpha value is -1.18. The van der Waals surface area contributed by atoms with Crippen molar-refractivity contribution in [3.05, 3.63) is 23.8 Å². The molecular weight excluding hydrogens is 405 g/mol. The minimum absolute atomic E-state index is 0. The molecule has 1 fully saturated rings. The lowest BCUT2D eigenvalue weighted by molar-refractivity contribution is 0.354. The summed E-state index contributed by atoms with van der Waals surface area (Å²) in [4.78, 5) is 4.29. The molecule has 0 amide bonds. The molecule has 0 spiro atoms. The van der Waals surface area contributed by atoms with Crippen LogP contribution >= 0.6 is 24.0 Å². The zero-order chi connectivity index (χ0) is 15.8. The number of halogens is 1. The quantitative estimate of drug-likeness (QED) is 0.412. The average Bonchev–Trinajstić information content (AvgIpc) is 3.06. The lowest BCUT2D eigenvalue weighted by atomic mass is 10.1. The summed E-state index contributed by atoms with van der Waals surface area (Å²) < 4.78 is 10.6. The van der Waals surface area contributed by atoms with Crippen LogP contribution in [0.5, 0.6) is 11.5 Å². The van der Waals surface area contributed by atoms with Gasteiger partial charge in [-0.15, -0.1) is 24.0 Å². The number of aliphatic imine (C=N–C) groups is 1. The molecule has 23 heavy (non-hydrogen) atoms. The van der Waals surface area contributed by atoms with Crippen LogP contribution in [-0.4, -0.2) is 39.8 Å². The molecule has 2 rings (SSSR count). The van der Waals surface area contributed by atoms with Gasteiger partial charge in [-0.05, 0) is 37.0 Å². The molecule has 2 N–H and O–H groups in total. The molecule has 0 radical (unpaired) electrons. The summed E-state index contributed by atoms with van der Waals surface area (Å²) in [5, 5.41) is 6.86. The Balaban J connectivity index is 0.00000264. The van der Waals surface area contributed by atoms with Crippen molar-refractivity contribution in [2.45, 2.75) is 38.1 Å². The lowest BCUT2D eigenvalue weighted by Crippen LogP contribution is -2.42. The van der Waals surface area contributed by atoms with Gasteiger partial charge in [-0.1, -0.05) is 18.9 Å². The number of hydrogen-bond acceptors (Lipinski definition) is 3. The van der Waals surface area contributed by atoms with E-state index in [0.717, 1.165) is 30.4 Å². The SMILES string of the molecule is CN=C(NCCc1ccc(OC)c(OC)c1)NC1CCCC1.I. The molecule has 1 aliphatic rings. The predicted octanol–water partition coefficient (Wildman–Crippen LogP) is 2.97. The first-order valence-electron chi connectivity index (χ1n) is 7.95. The summed E-state index contributed by atoms with van der Waals surface area (Å²) in [6.45, 7) is 0.835. The number of nitrogens with one attached hydrogen (secondary N) is 2. The van der Waals surface area contributed by atoms with Crippen molar-refractivity contribution in [2.24, 2.45) is 4.99 Å². The lowest BCUT2D eigenvalue weighted by Gasteiger charge is -2.17. The van der Waals surface area contributed by atoms with Crippen molar-refractivity contribution in [1.29, 1.82) is 0 Å². The van der Waals surface area contributed by atoms with Crippen LogP contribution in [0, 0.1) is 0 Å². The number of ether oxygens (including phenoxy) is 2. The van der Waals surface area contributed by atoms with E-state index in [4.69, 9.17) is 9.47 Å². The van der Waals surface area contributed by atoms with Crippen LogP contribution in [0.1, 0.15) is 31.2 Å². The molecule has 6 heteroatoms. The molecule has 0 unspecified atom stereocenters. The fraction of sp³-hybridized carbons (Fsp3) is 0.588. The second kappa shape index (κ2) is 10.6. The number of guanidine groups is 1. The predicted molar refractivity (Wildman–Crippen MR) is 105 cm³/mol. The second-order valence-electron chi connectivity index (χ2n) is 5.56. The Morgan fingerprint density at radius 1 is 1.17 bits per heavy atom. The zero-order valence-electron chi connectivity index (χ0n) is 14.2. The fourth-order valence-electron chi connectivity index (χ4n) is 2.82. The fourth-order valence-corrected chi connectivity index (χ4v) is 2.82. The highest BCUT2D eigenvalue weighted by Crippen LogP contribution is 2.27. The van der Waals surface area contributed by atoms with Crippen molar-refractivity contribution in [1.82, 2.24) is 10.6 Å². The summed E-state index contributed by atoms with van der Waals surface area (Å²) in [5.41, 5.74) is 1.21. The topological polar surface area (TPSA) is 54.9 Å². The summed E-state index contributed by atoms with van der Waals surface area (Å²) in [6, 6.07) is 6.61. The molecule has 0 bridgehead atoms. The van der Waals surface area contributed by atoms with E-state index in [1.807, 2.05) is 19.2 Å². The molecule has 0 atom stereocenters. The normalized spacial score (nSPS) is 15.0. The van der Waals surface area contributed by atoms with Crippen molar-refractivity contribution in [3.8, 4) is 11.5 Å². The Kier molecular flexibility index (Phi) is 9.13. The number of methoxy groups -OCH3 is 2. The largest absolute Gasteiger partial charge is 0.493 e. The zero-order valence-corrected chi connectivity index (χ0v) is 16.6. The molecule has 1 saturated carbocycles. The van der Waals surface area contributed by atoms with Gasteiger partial charge < -0.3 is 20.1 Å². The molecule has 0 aromatic heterocycles. The summed E-state index contributed by atoms with van der Waals surface area (Å²) >= 11 is 0. The molecule has 0 saturated heterocycles. The van der Waals surface area contributed by atoms with Gasteiger partial charge in [0.2, 0.25) is 0 Å². The summed E-state index contributed by atoms with van der Waals surface area (Å²) in [7, 11) is 5.13. The van der Waals surface area contributed by atoms with Crippen LogP contribution < -0.4 is 20.1 Å². The molecular formula is C17H28IN3O2. The molecule has 5 nitrogen and oxygen atoms in total. The van der Waals surface area contributed by atoms with Crippen molar-refractivity contribution >= 4 is 29.9 Å². The van der Waals surface area contributed by atoms with E-state index >= 15 is 0 Å². The second-order valence-corrected chi connectivity index (χ2v) is 5.56. The summed E-state index contributed by atoms with van der Waals surface area (Å²) in [5.74, 6) is 2.43. The van der Waals surface area contributed by atoms with Gasteiger partial charge in [0.05, 0.1) is 14.2 Å². The van der Waals surface area contributed by atoms with Crippen molar-refractivity contribution in [2.75, 3.05) is 27.8 Å². The van der Waals surface area contributed by atoms with Gasteiger partial charge in [0.25, 0.3) is 0 Å². The molecule has 130 valence electrons. The number of rotatable bonds is 6. The third kappa shape index (κ3) is 6.08. The monoisotopic (exact) mass is 433 g/mol. The highest BCUT2D eigenvalue weighted by molar-refractivity contribution is 14.0. The molecule has 0 aliphatic heterocycles. The third-order valence-electron chi connectivity index (χ3n) is 4.07. The highest BCUT2D eigenvalue weighted by Gasteiger charge is 2.15. The number of benzene rings is 1. The third-order valence-corrected chi connectivity index (χ3v) is 4.07. The minimum Gasteiger partial charge on any atom is -0.493 e. The van der Waals surface area contributed by atoms with Crippen LogP contribution in [0.15, 0.2) is 23.2 Å². The maximum atomic E-state index is 5.33. The first-order valence-corrected chi connectivity index (χ1v) is 7.95. The number of nitrogens with zero attached hydrogens (tertiary/aromatic N) is 1. The minimum atomic E-state index is 0. The average molecular weight is 433 g/mol. The highest BCUT2D eigenvalue weighted by atomic mass is 127. The van der Waals surface area contributed by atoms with E-state index in [9.17, 15) is 0 Å². The van der Waals surface area contributed by atoms with E-state index in [0.29, 0.717) is 6.04 Å². The van der Waals surface area contributed by atoms with Gasteiger partial charge in [0, 0.05) is 19.6 Å². The maximum Gasteiger partial charge on any atom is 0.191 e. The van der Waals surface area contributed by atoms with Gasteiger partial charge in [0.15, 0.2) is 17.5 Å². The Bertz CT molecular complexity index is 503. The van der Waals surface area contributed by atoms with Crippen LogP contribution in [-0.2, 0) is 6.42 Å². The van der Waals surface area contributed by atoms with E-state index in [1.54, 1.807) is 14.2 Å². The van der Waals surface area contributed by atoms with Crippen LogP contribution in [0.25, 0.3) is 0 Å². The van der Waals surface area contributed by atoms with Crippen LogP contribution in [0.2, 0.25) is 0 Å². The Morgan fingerprint density at radius 2 is 1.87 bits per heavy atom. The standard InChI is InChI=1S/C17H27N3O2.HI/c1-18-17(20-14-6-4-5-7-14)19-11-10-13-8-9-15(21-2)16(12-13)22-3;/h8-9,12,14H,4-7,10-11H2,1-3H3,(H2,18,19,20);1H. The maximum absolute atomic E-state index is 5.33. The first kappa shape index (κ1) is 19.9. The molecule has 1 aromatic rings. The van der Waals surface area contributed by atoms with Crippen molar-refractivity contribution in [3.63, 3.8) is 0 Å². The number of hydrogen-bond donors (Lipinski definition) is 2. The Labute approximate surface area is 156 Å². The van der Waals surface area contributed by atoms with Crippen LogP contribution in [0.3, 0.4) is 0 Å². The first-order chi connectivity index (χ1) is 10.8. The molecule has 1 aliphatic carbocycles. The van der Waals surface area contributed by atoms with Crippen molar-refractivity contribution < 1.29 is 9.47 Å². The van der Waals surface area contributed by atoms with Gasteiger partial charge in [-0.3, -0.25) is 4.99 Å². The molecule has 0 heterocycles. The smallest absolute Gasteiger partial charge is 0.191 e. The Morgan fingerprint density at radius 3 is 2.48 bits per heavy atom. The summed E-state index contributed by atoms with van der Waals surface area (Å²) in [6.07, 6.45) is 6.04. The molecule has 1 aromatic carbocycles. The van der Waals surface area contributed by atoms with E-state index in [2.05, 4.69) is 21.7 Å². The van der Waals surface area contributed by atoms with Gasteiger partial charge >= 0.3 is 0 Å². The van der Waals surface area contributed by atoms with Crippen LogP contribution in [0.4, 0.5) is 0 Å².